The van der Waals surface area contributed by atoms with Gasteiger partial charge in [-0.25, -0.2) is 0 Å². The molecule has 0 saturated heterocycles. The molecule has 0 amide bonds. The van der Waals surface area contributed by atoms with Crippen LogP contribution in [-0.2, 0) is 6.42 Å². The van der Waals surface area contributed by atoms with Crippen molar-refractivity contribution in [3.8, 4) is 0 Å². The van der Waals surface area contributed by atoms with Crippen molar-refractivity contribution in [1.82, 2.24) is 0 Å². The SMILES string of the molecule is C.C=C.CCc1cccc(C)c1. The number of hydrogen-bond acceptors (Lipinski definition) is 0. The molecule has 0 bridgehead atoms. The van der Waals surface area contributed by atoms with Crippen LogP contribution in [0.15, 0.2) is 37.4 Å². The lowest BCUT2D eigenvalue weighted by molar-refractivity contribution is 1.13. The first-order valence-corrected chi connectivity index (χ1v) is 3.88. The third-order valence-electron chi connectivity index (χ3n) is 1.49. The van der Waals surface area contributed by atoms with Gasteiger partial charge in [-0.15, -0.1) is 13.2 Å². The van der Waals surface area contributed by atoms with E-state index in [9.17, 15) is 0 Å². The summed E-state index contributed by atoms with van der Waals surface area (Å²) in [5.74, 6) is 0. The standard InChI is InChI=1S/C9H12.C2H4.CH4/c1-3-9-6-4-5-8(2)7-9;1-2;/h4-7H,3H2,1-2H3;1-2H2;1H4. The molecular weight excluding hydrogens is 144 g/mol. The van der Waals surface area contributed by atoms with Crippen LogP contribution < -0.4 is 0 Å². The van der Waals surface area contributed by atoms with Gasteiger partial charge in [0, 0.05) is 0 Å². The van der Waals surface area contributed by atoms with Crippen LogP contribution in [-0.4, -0.2) is 0 Å². The molecule has 68 valence electrons. The van der Waals surface area contributed by atoms with E-state index in [1.807, 2.05) is 0 Å². The Bertz CT molecular complexity index is 201. The van der Waals surface area contributed by atoms with Crippen LogP contribution in [0.2, 0.25) is 0 Å². The Labute approximate surface area is 76.9 Å². The summed E-state index contributed by atoms with van der Waals surface area (Å²) in [5.41, 5.74) is 2.78. The average Bonchev–Trinajstić information content (AvgIpc) is 2.08. The molecule has 0 aliphatic heterocycles. The van der Waals surface area contributed by atoms with E-state index in [1.54, 1.807) is 0 Å². The zero-order valence-corrected chi connectivity index (χ0v) is 7.43. The van der Waals surface area contributed by atoms with Crippen LogP contribution in [0.1, 0.15) is 25.5 Å². The first-order valence-electron chi connectivity index (χ1n) is 3.88. The lowest BCUT2D eigenvalue weighted by Gasteiger charge is -1.95. The Morgan fingerprint density at radius 3 is 2.17 bits per heavy atom. The maximum Gasteiger partial charge on any atom is -0.0307 e. The molecule has 1 aromatic rings. The summed E-state index contributed by atoms with van der Waals surface area (Å²) < 4.78 is 0. The average molecular weight is 164 g/mol. The second-order valence-corrected chi connectivity index (χ2v) is 2.34. The van der Waals surface area contributed by atoms with Gasteiger partial charge in [0.2, 0.25) is 0 Å². The molecule has 0 fully saturated rings. The van der Waals surface area contributed by atoms with Crippen LogP contribution in [0.25, 0.3) is 0 Å². The molecule has 0 heterocycles. The summed E-state index contributed by atoms with van der Waals surface area (Å²) >= 11 is 0. The summed E-state index contributed by atoms with van der Waals surface area (Å²) in [5, 5.41) is 0. The Balaban J connectivity index is 0. The number of benzene rings is 1. The lowest BCUT2D eigenvalue weighted by Crippen LogP contribution is -1.78. The van der Waals surface area contributed by atoms with Crippen LogP contribution in [0.3, 0.4) is 0 Å². The van der Waals surface area contributed by atoms with Gasteiger partial charge in [-0.1, -0.05) is 44.2 Å². The molecule has 0 aliphatic carbocycles. The highest BCUT2D eigenvalue weighted by Gasteiger charge is 1.85. The van der Waals surface area contributed by atoms with Crippen molar-refractivity contribution in [2.24, 2.45) is 0 Å². The summed E-state index contributed by atoms with van der Waals surface area (Å²) in [6.07, 6.45) is 1.14. The third-order valence-corrected chi connectivity index (χ3v) is 1.49. The molecule has 0 radical (unpaired) electrons. The maximum absolute atomic E-state index is 3.00. The van der Waals surface area contributed by atoms with Gasteiger partial charge in [-0.05, 0) is 18.9 Å². The largest absolute Gasteiger partial charge is 0.106 e. The molecule has 0 atom stereocenters. The fraction of sp³-hybridized carbons (Fsp3) is 0.333. The molecule has 0 unspecified atom stereocenters. The van der Waals surface area contributed by atoms with Crippen LogP contribution in [0, 0.1) is 6.92 Å². The molecule has 0 N–H and O–H groups in total. The lowest BCUT2D eigenvalue weighted by atomic mass is 10.1. The van der Waals surface area contributed by atoms with Gasteiger partial charge in [-0.3, -0.25) is 0 Å². The molecule has 1 rings (SSSR count). The predicted molar refractivity (Wildman–Crippen MR) is 58.5 cm³/mol. The van der Waals surface area contributed by atoms with E-state index in [4.69, 9.17) is 0 Å². The molecule has 0 spiro atoms. The maximum atomic E-state index is 3.00. The van der Waals surface area contributed by atoms with Gasteiger partial charge < -0.3 is 0 Å². The van der Waals surface area contributed by atoms with Crippen molar-refractivity contribution in [2.45, 2.75) is 27.7 Å². The fourth-order valence-electron chi connectivity index (χ4n) is 0.932. The quantitative estimate of drug-likeness (QED) is 0.550. The molecule has 12 heavy (non-hydrogen) atoms. The summed E-state index contributed by atoms with van der Waals surface area (Å²) in [7, 11) is 0. The Kier molecular flexibility index (Phi) is 9.10. The minimum absolute atomic E-state index is 0. The minimum atomic E-state index is 0. The minimum Gasteiger partial charge on any atom is -0.106 e. The highest BCUT2D eigenvalue weighted by molar-refractivity contribution is 5.21. The van der Waals surface area contributed by atoms with Gasteiger partial charge in [0.05, 0.1) is 0 Å². The highest BCUT2D eigenvalue weighted by atomic mass is 13.9. The van der Waals surface area contributed by atoms with E-state index < -0.39 is 0 Å². The molecule has 1 aromatic carbocycles. The Morgan fingerprint density at radius 2 is 1.83 bits per heavy atom. The summed E-state index contributed by atoms with van der Waals surface area (Å²) in [4.78, 5) is 0. The van der Waals surface area contributed by atoms with Crippen molar-refractivity contribution >= 4 is 0 Å². The van der Waals surface area contributed by atoms with E-state index in [0.29, 0.717) is 0 Å². The molecule has 0 saturated carbocycles. The zero-order valence-electron chi connectivity index (χ0n) is 7.43. The third kappa shape index (κ3) is 4.73. The van der Waals surface area contributed by atoms with Gasteiger partial charge >= 0.3 is 0 Å². The monoisotopic (exact) mass is 164 g/mol. The molecule has 0 heteroatoms. The number of hydrogen-bond donors (Lipinski definition) is 0. The molecule has 0 nitrogen and oxygen atoms in total. The van der Waals surface area contributed by atoms with E-state index in [1.165, 1.54) is 11.1 Å². The van der Waals surface area contributed by atoms with Crippen LogP contribution in [0.5, 0.6) is 0 Å². The molecule has 0 aromatic heterocycles. The first-order chi connectivity index (χ1) is 5.33. The zero-order chi connectivity index (χ0) is 8.69. The Morgan fingerprint density at radius 1 is 1.25 bits per heavy atom. The van der Waals surface area contributed by atoms with E-state index in [0.717, 1.165) is 6.42 Å². The van der Waals surface area contributed by atoms with Crippen molar-refractivity contribution in [3.63, 3.8) is 0 Å². The molecule has 0 aliphatic rings. The molecular formula is C12H20. The van der Waals surface area contributed by atoms with Gasteiger partial charge in [-0.2, -0.15) is 0 Å². The first kappa shape index (κ1) is 13.5. The van der Waals surface area contributed by atoms with Gasteiger partial charge in [0.1, 0.15) is 0 Å². The van der Waals surface area contributed by atoms with Crippen LogP contribution >= 0.6 is 0 Å². The topological polar surface area (TPSA) is 0 Å². The van der Waals surface area contributed by atoms with Gasteiger partial charge in [0.25, 0.3) is 0 Å². The van der Waals surface area contributed by atoms with E-state index >= 15 is 0 Å². The normalized spacial score (nSPS) is 7.50. The highest BCUT2D eigenvalue weighted by Crippen LogP contribution is 2.03. The van der Waals surface area contributed by atoms with E-state index in [2.05, 4.69) is 51.3 Å². The van der Waals surface area contributed by atoms with Crippen LogP contribution in [0.4, 0.5) is 0 Å². The number of aryl methyl sites for hydroxylation is 2. The van der Waals surface area contributed by atoms with Gasteiger partial charge in [0.15, 0.2) is 0 Å². The second kappa shape index (κ2) is 8.06. The summed E-state index contributed by atoms with van der Waals surface area (Å²) in [6, 6.07) is 8.61. The number of rotatable bonds is 1. The van der Waals surface area contributed by atoms with Crippen molar-refractivity contribution in [1.29, 1.82) is 0 Å². The van der Waals surface area contributed by atoms with Crippen molar-refractivity contribution in [2.75, 3.05) is 0 Å². The fourth-order valence-corrected chi connectivity index (χ4v) is 0.932. The van der Waals surface area contributed by atoms with Crippen molar-refractivity contribution in [3.05, 3.63) is 48.6 Å². The van der Waals surface area contributed by atoms with Crippen molar-refractivity contribution < 1.29 is 0 Å². The second-order valence-electron chi connectivity index (χ2n) is 2.34. The Hall–Kier alpha value is -1.04. The van der Waals surface area contributed by atoms with E-state index in [-0.39, 0.29) is 7.43 Å². The summed E-state index contributed by atoms with van der Waals surface area (Å²) in [6.45, 7) is 10.3. The smallest absolute Gasteiger partial charge is 0.0307 e. The predicted octanol–water partition coefficient (Wildman–Crippen LogP) is 4.00.